The average Bonchev–Trinajstić information content (AvgIpc) is 2.52. The van der Waals surface area contributed by atoms with Gasteiger partial charge in [-0.1, -0.05) is 11.6 Å². The summed E-state index contributed by atoms with van der Waals surface area (Å²) in [4.78, 5) is 13.8. The van der Waals surface area contributed by atoms with E-state index < -0.39 is 23.5 Å². The van der Waals surface area contributed by atoms with Gasteiger partial charge in [-0.05, 0) is 43.7 Å². The van der Waals surface area contributed by atoms with E-state index in [1.54, 1.807) is 13.0 Å². The Kier molecular flexibility index (Phi) is 9.75. The van der Waals surface area contributed by atoms with Crippen LogP contribution in [0, 0.1) is 13.0 Å². The van der Waals surface area contributed by atoms with Gasteiger partial charge in [-0.3, -0.25) is 4.79 Å². The summed E-state index contributed by atoms with van der Waals surface area (Å²) in [5.74, 6) is -0.0625. The monoisotopic (exact) mass is 597 g/mol. The van der Waals surface area contributed by atoms with Crippen LogP contribution in [0.2, 0.25) is 0 Å². The van der Waals surface area contributed by atoms with Crippen molar-refractivity contribution < 1.29 is 56.3 Å². The average molecular weight is 597 g/mol. The van der Waals surface area contributed by atoms with E-state index in [0.29, 0.717) is 11.6 Å². The molecule has 10 heteroatoms. The quantitative estimate of drug-likeness (QED) is 0.203. The Morgan fingerprint density at radius 2 is 1.66 bits per heavy atom. The van der Waals surface area contributed by atoms with E-state index in [1.165, 1.54) is 32.2 Å². The maximum atomic E-state index is 12.7. The summed E-state index contributed by atoms with van der Waals surface area (Å²) < 4.78 is 76.3. The summed E-state index contributed by atoms with van der Waals surface area (Å²) in [6.45, 7) is 4.50. The number of nitrogens with zero attached hydrogens (tertiary/aromatic N) is 1. The molecule has 0 saturated carbocycles. The summed E-state index contributed by atoms with van der Waals surface area (Å²) in [5.41, 5.74) is -2.53. The number of hydrogen-bond acceptors (Lipinski definition) is 3. The first kappa shape index (κ1) is 26.8. The number of carbonyl (C=O) groups excluding carboxylic acids is 1. The summed E-state index contributed by atoms with van der Waals surface area (Å²) >= 11 is 0. The first-order valence-electron chi connectivity index (χ1n) is 7.72. The molecule has 0 aliphatic carbocycles. The van der Waals surface area contributed by atoms with Gasteiger partial charge >= 0.3 is 12.4 Å². The van der Waals surface area contributed by atoms with Crippen LogP contribution in [0.4, 0.5) is 26.3 Å². The fraction of sp³-hybridized carbons (Fsp3) is 0.263. The Balaban J connectivity index is 0.000000846. The SMILES string of the molecule is CC(=O)/C=C(/C)O.Cc1ccnc(-c2[c-]c(C(F)(F)F)cc(C(F)(F)F)c2)c1.[Ir]. The number of halogens is 6. The van der Waals surface area contributed by atoms with Gasteiger partial charge in [0.05, 0.1) is 5.76 Å². The van der Waals surface area contributed by atoms with Crippen LogP contribution in [0.15, 0.2) is 42.3 Å². The largest absolute Gasteiger partial charge is 0.512 e. The van der Waals surface area contributed by atoms with E-state index in [1.807, 2.05) is 6.07 Å². The Morgan fingerprint density at radius 3 is 2.03 bits per heavy atom. The van der Waals surface area contributed by atoms with Crippen molar-refractivity contribution in [1.29, 1.82) is 0 Å². The Bertz CT molecular complexity index is 839. The predicted octanol–water partition coefficient (Wildman–Crippen LogP) is 5.93. The minimum Gasteiger partial charge on any atom is -0.512 e. The molecule has 0 amide bonds. The molecule has 0 spiro atoms. The van der Waals surface area contributed by atoms with Crippen LogP contribution in [0.1, 0.15) is 30.5 Å². The van der Waals surface area contributed by atoms with Crippen molar-refractivity contribution >= 4 is 5.78 Å². The van der Waals surface area contributed by atoms with Crippen molar-refractivity contribution in [1.82, 2.24) is 4.98 Å². The minimum atomic E-state index is -4.92. The zero-order valence-electron chi connectivity index (χ0n) is 15.4. The third-order valence-electron chi connectivity index (χ3n) is 3.11. The summed E-state index contributed by atoms with van der Waals surface area (Å²) in [7, 11) is 0. The molecule has 1 heterocycles. The number of hydrogen-bond donors (Lipinski definition) is 1. The third kappa shape index (κ3) is 9.23. The molecular weight excluding hydrogens is 580 g/mol. The van der Waals surface area contributed by atoms with Crippen molar-refractivity contribution in [2.24, 2.45) is 0 Å². The third-order valence-corrected chi connectivity index (χ3v) is 3.11. The number of ketones is 1. The number of carbonyl (C=O) groups is 1. The molecule has 2 aromatic rings. The van der Waals surface area contributed by atoms with Crippen LogP contribution in [-0.4, -0.2) is 15.9 Å². The molecule has 3 nitrogen and oxygen atoms in total. The predicted molar refractivity (Wildman–Crippen MR) is 90.3 cm³/mol. The number of aromatic nitrogens is 1. The normalized spacial score (nSPS) is 11.8. The first-order valence-corrected chi connectivity index (χ1v) is 7.72. The van der Waals surface area contributed by atoms with E-state index >= 15 is 0 Å². The summed E-state index contributed by atoms with van der Waals surface area (Å²) in [5, 5.41) is 8.36. The van der Waals surface area contributed by atoms with Crippen LogP contribution in [-0.2, 0) is 37.3 Å². The van der Waals surface area contributed by atoms with Gasteiger partial charge in [-0.2, -0.15) is 26.3 Å². The van der Waals surface area contributed by atoms with Gasteiger partial charge in [0.15, 0.2) is 5.78 Å². The number of benzene rings is 1. The Labute approximate surface area is 176 Å². The van der Waals surface area contributed by atoms with Gasteiger partial charge in [0.25, 0.3) is 0 Å². The zero-order valence-corrected chi connectivity index (χ0v) is 17.8. The molecule has 1 N–H and O–H groups in total. The number of pyridine rings is 1. The number of aliphatic hydroxyl groups is 1. The fourth-order valence-electron chi connectivity index (χ4n) is 2.00. The van der Waals surface area contributed by atoms with E-state index in [0.717, 1.165) is 0 Å². The number of aliphatic hydroxyl groups excluding tert-OH is 1. The van der Waals surface area contributed by atoms with Gasteiger partial charge in [0, 0.05) is 32.4 Å². The Morgan fingerprint density at radius 1 is 1.07 bits per heavy atom. The number of alkyl halides is 6. The molecule has 0 unspecified atom stereocenters. The minimum absolute atomic E-state index is 0. The van der Waals surface area contributed by atoms with Crippen molar-refractivity contribution in [3.63, 3.8) is 0 Å². The molecule has 0 bridgehead atoms. The molecule has 0 saturated heterocycles. The number of rotatable bonds is 2. The van der Waals surface area contributed by atoms with Gasteiger partial charge in [-0.15, -0.1) is 23.8 Å². The maximum absolute atomic E-state index is 12.7. The first-order chi connectivity index (χ1) is 12.7. The second-order valence-corrected chi connectivity index (χ2v) is 5.81. The smallest absolute Gasteiger partial charge is 0.399 e. The summed E-state index contributed by atoms with van der Waals surface area (Å²) in [6.07, 6.45) is -7.32. The van der Waals surface area contributed by atoms with Crippen LogP contribution in [0.25, 0.3) is 11.3 Å². The standard InChI is InChI=1S/C14H8F6N.C5H8O2.Ir/c1-8-2-3-21-12(4-8)9-5-10(13(15,16)17)7-11(6-9)14(18,19)20;1-4(6)3-5(2)7;/h2-5,7H,1H3;3,6H,1-2H3;/q-1;;/b;4-3-;. The van der Waals surface area contributed by atoms with E-state index in [9.17, 15) is 31.1 Å². The molecule has 1 radical (unpaired) electrons. The number of aryl methyl sites for hydroxylation is 1. The van der Waals surface area contributed by atoms with Crippen molar-refractivity contribution in [3.05, 3.63) is 65.1 Å². The molecule has 0 fully saturated rings. The molecule has 0 aliphatic heterocycles. The van der Waals surface area contributed by atoms with E-state index in [2.05, 4.69) is 4.98 Å². The zero-order chi connectivity index (χ0) is 21.7. The van der Waals surface area contributed by atoms with Crippen molar-refractivity contribution in [2.75, 3.05) is 0 Å². The van der Waals surface area contributed by atoms with Crippen LogP contribution < -0.4 is 0 Å². The van der Waals surface area contributed by atoms with Crippen molar-refractivity contribution in [3.8, 4) is 11.3 Å². The van der Waals surface area contributed by atoms with E-state index in [4.69, 9.17) is 5.11 Å². The van der Waals surface area contributed by atoms with E-state index in [-0.39, 0.29) is 49.0 Å². The second kappa shape index (κ2) is 10.5. The molecule has 29 heavy (non-hydrogen) atoms. The molecule has 1 aromatic carbocycles. The van der Waals surface area contributed by atoms with Gasteiger partial charge in [0.2, 0.25) is 0 Å². The maximum Gasteiger partial charge on any atom is 0.399 e. The molecule has 2 rings (SSSR count). The van der Waals surface area contributed by atoms with Gasteiger partial charge in [0.1, 0.15) is 0 Å². The van der Waals surface area contributed by atoms with Crippen LogP contribution >= 0.6 is 0 Å². The molecular formula is C19H16F6IrNO2-. The van der Waals surface area contributed by atoms with Crippen LogP contribution in [0.3, 0.4) is 0 Å². The van der Waals surface area contributed by atoms with Gasteiger partial charge < -0.3 is 10.1 Å². The molecule has 1 aromatic heterocycles. The van der Waals surface area contributed by atoms with Crippen molar-refractivity contribution in [2.45, 2.75) is 33.1 Å². The second-order valence-electron chi connectivity index (χ2n) is 5.81. The molecule has 0 atom stereocenters. The molecule has 0 aliphatic rings. The van der Waals surface area contributed by atoms with Gasteiger partial charge in [-0.25, -0.2) is 0 Å². The molecule has 161 valence electrons. The topological polar surface area (TPSA) is 50.2 Å². The summed E-state index contributed by atoms with van der Waals surface area (Å²) in [6, 6.07) is 5.58. The Hall–Kier alpha value is -2.19. The van der Waals surface area contributed by atoms with Crippen LogP contribution in [0.5, 0.6) is 0 Å². The number of allylic oxidation sites excluding steroid dienone is 2. The fourth-order valence-corrected chi connectivity index (χ4v) is 2.00.